The van der Waals surface area contributed by atoms with Crippen LogP contribution in [0.3, 0.4) is 0 Å². The predicted octanol–water partition coefficient (Wildman–Crippen LogP) is 5.79. The molecule has 1 fully saturated rings. The summed E-state index contributed by atoms with van der Waals surface area (Å²) in [6.45, 7) is 8.60. The molecule has 1 aliphatic heterocycles. The average molecular weight is 605 g/mol. The third-order valence-electron chi connectivity index (χ3n) is 7.97. The molecule has 2 aromatic heterocycles. The summed E-state index contributed by atoms with van der Waals surface area (Å²) in [7, 11) is 0. The highest BCUT2D eigenvalue weighted by atomic mass is 19.4. The van der Waals surface area contributed by atoms with Crippen molar-refractivity contribution in [1.82, 2.24) is 9.38 Å². The number of carbonyl (C=O) groups is 1. The third-order valence-corrected chi connectivity index (χ3v) is 7.97. The summed E-state index contributed by atoms with van der Waals surface area (Å²) in [4.78, 5) is 34.3. The quantitative estimate of drug-likeness (QED) is 0.285. The monoisotopic (exact) mass is 604 g/mol. The summed E-state index contributed by atoms with van der Waals surface area (Å²) in [6.07, 6.45) is -2.83. The number of aromatic nitrogens is 2. The highest BCUT2D eigenvalue weighted by Crippen LogP contribution is 2.34. The van der Waals surface area contributed by atoms with Crippen molar-refractivity contribution in [2.45, 2.75) is 46.0 Å². The first-order chi connectivity index (χ1) is 20.8. The van der Waals surface area contributed by atoms with Gasteiger partial charge in [-0.25, -0.2) is 9.78 Å². The first-order valence-corrected chi connectivity index (χ1v) is 14.1. The Kier molecular flexibility index (Phi) is 7.99. The van der Waals surface area contributed by atoms with E-state index in [4.69, 9.17) is 4.98 Å². The number of piperazine rings is 1. The fourth-order valence-corrected chi connectivity index (χ4v) is 5.76. The predicted molar refractivity (Wildman–Crippen MR) is 162 cm³/mol. The van der Waals surface area contributed by atoms with Crippen LogP contribution < -0.4 is 20.7 Å². The Hall–Kier alpha value is -5.05. The molecule has 0 unspecified atom stereocenters. The first-order valence-electron chi connectivity index (χ1n) is 14.1. The van der Waals surface area contributed by atoms with Gasteiger partial charge in [0.25, 0.3) is 5.56 Å². The maximum atomic E-state index is 13.7. The number of hydrogen-bond donors (Lipinski definition) is 2. The van der Waals surface area contributed by atoms with E-state index in [1.54, 1.807) is 31.3 Å². The molecule has 3 heterocycles. The molecule has 4 aromatic rings. The Morgan fingerprint density at radius 2 is 1.89 bits per heavy atom. The number of halogens is 3. The summed E-state index contributed by atoms with van der Waals surface area (Å²) in [5.74, 6) is -0.564. The van der Waals surface area contributed by atoms with Crippen LogP contribution in [0.2, 0.25) is 0 Å². The van der Waals surface area contributed by atoms with E-state index in [0.29, 0.717) is 53.6 Å². The van der Waals surface area contributed by atoms with Crippen LogP contribution in [0.25, 0.3) is 5.65 Å². The van der Waals surface area contributed by atoms with Crippen molar-refractivity contribution in [1.29, 1.82) is 5.26 Å². The maximum Gasteiger partial charge on any atom is 0.416 e. The van der Waals surface area contributed by atoms with Crippen LogP contribution in [0.15, 0.2) is 59.5 Å². The number of nitrogens with zero attached hydrogens (tertiary/aromatic N) is 5. The molecule has 0 radical (unpaired) electrons. The number of anilines is 3. The van der Waals surface area contributed by atoms with Crippen LogP contribution >= 0.6 is 0 Å². The number of para-hydroxylation sites is 1. The fraction of sp³-hybridized carbons (Fsp3) is 0.312. The molecule has 2 N–H and O–H groups in total. The van der Waals surface area contributed by atoms with Gasteiger partial charge < -0.3 is 20.2 Å². The van der Waals surface area contributed by atoms with Gasteiger partial charge in [0, 0.05) is 43.1 Å². The molecule has 12 heteroatoms. The number of benzene rings is 2. The number of aryl methyl sites for hydroxylation is 1. The van der Waals surface area contributed by atoms with Crippen LogP contribution in [0.1, 0.15) is 58.1 Å². The number of nitriles is 1. The summed E-state index contributed by atoms with van der Waals surface area (Å²) in [5, 5.41) is 22.5. The van der Waals surface area contributed by atoms with Crippen molar-refractivity contribution in [3.05, 3.63) is 98.5 Å². The van der Waals surface area contributed by atoms with Gasteiger partial charge in [-0.15, -0.1) is 0 Å². The molecule has 0 amide bonds. The molecule has 0 spiro atoms. The number of pyridine rings is 1. The molecule has 0 saturated carbocycles. The summed E-state index contributed by atoms with van der Waals surface area (Å²) < 4.78 is 41.2. The highest BCUT2D eigenvalue weighted by molar-refractivity contribution is 5.94. The van der Waals surface area contributed by atoms with Gasteiger partial charge in [0.2, 0.25) is 0 Å². The molecular weight excluding hydrogens is 573 g/mol. The lowest BCUT2D eigenvalue weighted by Gasteiger charge is -2.42. The number of fused-ring (bicyclic) bond motifs is 1. The number of hydrogen-bond acceptors (Lipinski definition) is 7. The largest absolute Gasteiger partial charge is 0.478 e. The molecule has 2 aromatic carbocycles. The van der Waals surface area contributed by atoms with Crippen molar-refractivity contribution in [3.8, 4) is 6.07 Å². The van der Waals surface area contributed by atoms with Crippen molar-refractivity contribution in [2.24, 2.45) is 0 Å². The van der Waals surface area contributed by atoms with E-state index in [1.807, 2.05) is 42.7 Å². The molecule has 0 bridgehead atoms. The maximum absolute atomic E-state index is 13.7. The van der Waals surface area contributed by atoms with E-state index in [9.17, 15) is 33.1 Å². The fourth-order valence-electron chi connectivity index (χ4n) is 5.76. The van der Waals surface area contributed by atoms with Crippen molar-refractivity contribution in [2.75, 3.05) is 34.8 Å². The Bertz CT molecular complexity index is 1860. The SMILES string of the molecule is Cc1cc([C@@H](C)Nc2ccccc2C(=O)O)c2nc(N3CCN(c4ccc(C(F)(F)F)cc4C#N)C[C@@H]3C)c(C)c(=O)n2c1. The lowest BCUT2D eigenvalue weighted by atomic mass is 10.0. The molecule has 228 valence electrons. The van der Waals surface area contributed by atoms with Crippen LogP contribution in [0, 0.1) is 25.2 Å². The van der Waals surface area contributed by atoms with Crippen molar-refractivity contribution >= 4 is 28.8 Å². The smallest absolute Gasteiger partial charge is 0.416 e. The molecule has 2 atom stereocenters. The second kappa shape index (κ2) is 11.6. The lowest BCUT2D eigenvalue weighted by Crippen LogP contribution is -2.53. The van der Waals surface area contributed by atoms with Crippen LogP contribution in [0.4, 0.5) is 30.4 Å². The van der Waals surface area contributed by atoms with Gasteiger partial charge in [0.1, 0.15) is 17.5 Å². The normalized spacial score (nSPS) is 16.1. The molecular formula is C32H31F3N6O3. The number of alkyl halides is 3. The molecule has 0 aliphatic carbocycles. The first kappa shape index (κ1) is 30.4. The average Bonchev–Trinajstić information content (AvgIpc) is 2.98. The standard InChI is InChI=1S/C32H31F3N6O3/c1-18-13-25(21(4)37-26-8-6-5-7-24(26)31(43)44)29-38-28(20(3)30(42)41(29)16-18)40-12-11-39(17-19(40)2)27-10-9-23(32(33,34)35)14-22(27)15-36/h5-10,13-14,16,19,21,37H,11-12,17H2,1-4H3,(H,43,44)/t19-,21+/m0/s1. The number of aromatic carboxylic acids is 1. The van der Waals surface area contributed by atoms with Gasteiger partial charge in [-0.3, -0.25) is 9.20 Å². The van der Waals surface area contributed by atoms with Crippen LogP contribution in [0.5, 0.6) is 0 Å². The molecule has 9 nitrogen and oxygen atoms in total. The topological polar surface area (TPSA) is 114 Å². The molecule has 1 aliphatic rings. The van der Waals surface area contributed by atoms with Gasteiger partial charge >= 0.3 is 12.1 Å². The summed E-state index contributed by atoms with van der Waals surface area (Å²) in [5.41, 5.74) is 2.23. The van der Waals surface area contributed by atoms with Crippen LogP contribution in [-0.2, 0) is 6.18 Å². The van der Waals surface area contributed by atoms with Gasteiger partial charge in [0.15, 0.2) is 0 Å². The minimum atomic E-state index is -4.55. The second-order valence-corrected chi connectivity index (χ2v) is 11.1. The van der Waals surface area contributed by atoms with Gasteiger partial charge in [-0.1, -0.05) is 12.1 Å². The Morgan fingerprint density at radius 3 is 2.55 bits per heavy atom. The van der Waals surface area contributed by atoms with E-state index in [-0.39, 0.29) is 22.7 Å². The highest BCUT2D eigenvalue weighted by Gasteiger charge is 2.33. The second-order valence-electron chi connectivity index (χ2n) is 11.1. The van der Waals surface area contributed by atoms with E-state index in [2.05, 4.69) is 5.32 Å². The number of carboxylic acid groups (broad SMARTS) is 1. The molecule has 5 rings (SSSR count). The van der Waals surface area contributed by atoms with E-state index in [1.165, 1.54) is 16.5 Å². The van der Waals surface area contributed by atoms with E-state index < -0.39 is 23.8 Å². The zero-order valence-corrected chi connectivity index (χ0v) is 24.6. The third kappa shape index (κ3) is 5.65. The van der Waals surface area contributed by atoms with E-state index in [0.717, 1.165) is 17.7 Å². The van der Waals surface area contributed by atoms with Gasteiger partial charge in [-0.2, -0.15) is 18.4 Å². The number of nitrogens with one attached hydrogen (secondary N) is 1. The molecule has 1 saturated heterocycles. The summed E-state index contributed by atoms with van der Waals surface area (Å²) in [6, 6.07) is 13.0. The Balaban J connectivity index is 1.49. The van der Waals surface area contributed by atoms with Crippen molar-refractivity contribution in [3.63, 3.8) is 0 Å². The Labute approximate surface area is 251 Å². The Morgan fingerprint density at radius 1 is 1.16 bits per heavy atom. The summed E-state index contributed by atoms with van der Waals surface area (Å²) >= 11 is 0. The number of rotatable bonds is 6. The lowest BCUT2D eigenvalue weighted by molar-refractivity contribution is -0.137. The minimum absolute atomic E-state index is 0.0512. The van der Waals surface area contributed by atoms with Gasteiger partial charge in [0.05, 0.1) is 34.0 Å². The zero-order valence-electron chi connectivity index (χ0n) is 24.6. The minimum Gasteiger partial charge on any atom is -0.478 e. The number of carboxylic acids is 1. The van der Waals surface area contributed by atoms with Crippen molar-refractivity contribution < 1.29 is 23.1 Å². The molecule has 44 heavy (non-hydrogen) atoms. The van der Waals surface area contributed by atoms with E-state index >= 15 is 0 Å². The zero-order chi connectivity index (χ0) is 31.9. The van der Waals surface area contributed by atoms with Gasteiger partial charge in [-0.05, 0) is 69.7 Å². The van der Waals surface area contributed by atoms with Crippen LogP contribution in [-0.4, -0.2) is 46.1 Å².